The number of carbonyl (C=O) groups is 3. The second kappa shape index (κ2) is 27.7. The van der Waals surface area contributed by atoms with Crippen molar-refractivity contribution in [1.82, 2.24) is 10.6 Å². The molecule has 2 amide bonds. The molecule has 0 aromatic rings. The molecule has 0 saturated carbocycles. The van der Waals surface area contributed by atoms with E-state index in [0.29, 0.717) is 92.5 Å². The van der Waals surface area contributed by atoms with Crippen molar-refractivity contribution in [2.75, 3.05) is 113 Å². The average Bonchev–Trinajstić information content (AvgIpc) is 2.90. The van der Waals surface area contributed by atoms with E-state index in [9.17, 15) is 14.4 Å². The van der Waals surface area contributed by atoms with Gasteiger partial charge in [-0.3, -0.25) is 9.59 Å². The molecule has 0 saturated heterocycles. The molecule has 15 nitrogen and oxygen atoms in total. The van der Waals surface area contributed by atoms with Crippen molar-refractivity contribution < 1.29 is 62.1 Å². The number of rotatable bonds is 29. The molecule has 0 aromatic carbocycles. The van der Waals surface area contributed by atoms with Crippen molar-refractivity contribution in [3.8, 4) is 0 Å². The van der Waals surface area contributed by atoms with Crippen molar-refractivity contribution in [1.29, 1.82) is 0 Å². The maximum atomic E-state index is 12.0. The quantitative estimate of drug-likeness (QED) is 0.100. The van der Waals surface area contributed by atoms with Crippen LogP contribution in [0.2, 0.25) is 0 Å². The molecule has 0 fully saturated rings. The third-order valence-corrected chi connectivity index (χ3v) is 4.82. The smallest absolute Gasteiger partial charge is 0.407 e. The number of methoxy groups -OCH3 is 1. The van der Waals surface area contributed by atoms with Crippen molar-refractivity contribution in [2.45, 2.75) is 45.3 Å². The lowest BCUT2D eigenvalue weighted by atomic mass is 10.2. The normalized spacial score (nSPS) is 12.2. The monoisotopic (exact) mass is 612 g/mol. The fraction of sp³-hybridized carbons (Fsp3) is 0.889. The van der Waals surface area contributed by atoms with Crippen LogP contribution in [0.1, 0.15) is 33.6 Å². The van der Waals surface area contributed by atoms with E-state index in [0.717, 1.165) is 0 Å². The molecule has 248 valence electrons. The van der Waals surface area contributed by atoms with Gasteiger partial charge in [0, 0.05) is 20.1 Å². The first-order chi connectivity index (χ1) is 20.1. The van der Waals surface area contributed by atoms with Crippen LogP contribution in [0.5, 0.6) is 0 Å². The number of alkyl carbamates (subject to hydrolysis) is 1. The first kappa shape index (κ1) is 39.9. The van der Waals surface area contributed by atoms with E-state index < -0.39 is 23.7 Å². The van der Waals surface area contributed by atoms with Gasteiger partial charge in [-0.15, -0.1) is 0 Å². The minimum Gasteiger partial charge on any atom is -0.481 e. The molecule has 0 rings (SSSR count). The predicted octanol–water partition coefficient (Wildman–Crippen LogP) is 0.623. The summed E-state index contributed by atoms with van der Waals surface area (Å²) in [5.41, 5.74) is -0.724. The number of nitrogens with one attached hydrogen (secondary N) is 2. The third-order valence-electron chi connectivity index (χ3n) is 4.82. The Bertz CT molecular complexity index is 677. The fourth-order valence-corrected chi connectivity index (χ4v) is 2.91. The summed E-state index contributed by atoms with van der Waals surface area (Å²) in [6.07, 6.45) is -1.02. The molecule has 0 unspecified atom stereocenters. The molecular weight excluding hydrogens is 560 g/mol. The van der Waals surface area contributed by atoms with Crippen LogP contribution in [0.4, 0.5) is 4.79 Å². The van der Waals surface area contributed by atoms with Gasteiger partial charge in [0.1, 0.15) is 5.60 Å². The molecule has 1 atom stereocenters. The molecule has 0 aliphatic rings. The standard InChI is InChI=1S/C27H52N2O13/c1-27(2,3)42-26(33)29-23(21-25(31)32)22-28-24(30)5-6-35-9-10-37-13-14-39-17-18-41-20-19-40-16-15-38-12-11-36-8-7-34-4/h23H,5-22H2,1-4H3,(H,28,30)(H,29,33)(H,31,32)/t23-/m1/s1. The van der Waals surface area contributed by atoms with Gasteiger partial charge < -0.3 is 58.4 Å². The first-order valence-corrected chi connectivity index (χ1v) is 14.1. The number of carboxylic acid groups (broad SMARTS) is 1. The Morgan fingerprint density at radius 2 is 1.02 bits per heavy atom. The molecule has 0 heterocycles. The van der Waals surface area contributed by atoms with E-state index in [2.05, 4.69) is 10.6 Å². The molecule has 42 heavy (non-hydrogen) atoms. The van der Waals surface area contributed by atoms with E-state index in [4.69, 9.17) is 47.7 Å². The average molecular weight is 613 g/mol. The molecule has 0 radical (unpaired) electrons. The summed E-state index contributed by atoms with van der Waals surface area (Å²) >= 11 is 0. The van der Waals surface area contributed by atoms with Crippen molar-refractivity contribution in [3.05, 3.63) is 0 Å². The van der Waals surface area contributed by atoms with E-state index in [1.807, 2.05) is 0 Å². The Morgan fingerprint density at radius 1 is 0.643 bits per heavy atom. The van der Waals surface area contributed by atoms with Gasteiger partial charge in [0.15, 0.2) is 0 Å². The molecule has 0 bridgehead atoms. The summed E-state index contributed by atoms with van der Waals surface area (Å²) in [4.78, 5) is 34.9. The minimum absolute atomic E-state index is 0.0468. The summed E-state index contributed by atoms with van der Waals surface area (Å²) in [6, 6.07) is -0.808. The summed E-state index contributed by atoms with van der Waals surface area (Å²) in [5, 5.41) is 14.1. The van der Waals surface area contributed by atoms with Crippen molar-refractivity contribution >= 4 is 18.0 Å². The Morgan fingerprint density at radius 3 is 1.38 bits per heavy atom. The predicted molar refractivity (Wildman–Crippen MR) is 151 cm³/mol. The highest BCUT2D eigenvalue weighted by atomic mass is 16.6. The lowest BCUT2D eigenvalue weighted by Crippen LogP contribution is -2.46. The lowest BCUT2D eigenvalue weighted by Gasteiger charge is -2.23. The molecular formula is C27H52N2O13. The zero-order valence-corrected chi connectivity index (χ0v) is 25.7. The number of hydrogen-bond acceptors (Lipinski definition) is 12. The number of carboxylic acids is 1. The Hall–Kier alpha value is -2.11. The van der Waals surface area contributed by atoms with Gasteiger partial charge in [0.25, 0.3) is 0 Å². The van der Waals surface area contributed by atoms with Crippen LogP contribution in [0.15, 0.2) is 0 Å². The fourth-order valence-electron chi connectivity index (χ4n) is 2.91. The third kappa shape index (κ3) is 30.8. The second-order valence-corrected chi connectivity index (χ2v) is 9.77. The minimum atomic E-state index is -1.11. The highest BCUT2D eigenvalue weighted by molar-refractivity contribution is 5.76. The highest BCUT2D eigenvalue weighted by Gasteiger charge is 2.21. The van der Waals surface area contributed by atoms with Gasteiger partial charge in [-0.05, 0) is 20.8 Å². The van der Waals surface area contributed by atoms with Gasteiger partial charge >= 0.3 is 12.1 Å². The summed E-state index contributed by atoms with van der Waals surface area (Å²) in [6.45, 7) is 11.7. The number of ether oxygens (including phenoxy) is 9. The Kier molecular flexibility index (Phi) is 26.3. The van der Waals surface area contributed by atoms with Crippen LogP contribution in [-0.4, -0.2) is 147 Å². The van der Waals surface area contributed by atoms with E-state index in [-0.39, 0.29) is 31.9 Å². The van der Waals surface area contributed by atoms with Gasteiger partial charge in [0.2, 0.25) is 5.91 Å². The van der Waals surface area contributed by atoms with Crippen LogP contribution in [0.3, 0.4) is 0 Å². The van der Waals surface area contributed by atoms with Crippen molar-refractivity contribution in [3.63, 3.8) is 0 Å². The van der Waals surface area contributed by atoms with E-state index in [1.54, 1.807) is 27.9 Å². The summed E-state index contributed by atoms with van der Waals surface area (Å²) < 4.78 is 47.7. The maximum Gasteiger partial charge on any atom is 0.407 e. The Labute approximate surface area is 249 Å². The van der Waals surface area contributed by atoms with Crippen LogP contribution < -0.4 is 10.6 Å². The van der Waals surface area contributed by atoms with E-state index >= 15 is 0 Å². The molecule has 0 aliphatic carbocycles. The number of aliphatic carboxylic acids is 1. The SMILES string of the molecule is COCCOCCOCCOCCOCCOCCOCCOCCC(=O)NC[C@@H](CC(=O)O)NC(=O)OC(C)(C)C. The Balaban J connectivity index is 3.50. The topological polar surface area (TPSA) is 179 Å². The van der Waals surface area contributed by atoms with Crippen LogP contribution in [-0.2, 0) is 52.2 Å². The first-order valence-electron chi connectivity index (χ1n) is 14.1. The van der Waals surface area contributed by atoms with Crippen molar-refractivity contribution in [2.24, 2.45) is 0 Å². The molecule has 15 heteroatoms. The summed E-state index contributed by atoms with van der Waals surface area (Å²) in [5.74, 6) is -1.44. The molecule has 0 aliphatic heterocycles. The number of hydrogen-bond donors (Lipinski definition) is 3. The molecule has 0 spiro atoms. The zero-order chi connectivity index (χ0) is 31.3. The number of carbonyl (C=O) groups excluding carboxylic acids is 2. The van der Waals surface area contributed by atoms with Gasteiger partial charge in [-0.25, -0.2) is 4.79 Å². The van der Waals surface area contributed by atoms with Gasteiger partial charge in [-0.2, -0.15) is 0 Å². The van der Waals surface area contributed by atoms with Crippen LogP contribution in [0.25, 0.3) is 0 Å². The van der Waals surface area contributed by atoms with Crippen LogP contribution in [0, 0.1) is 0 Å². The van der Waals surface area contributed by atoms with E-state index in [1.165, 1.54) is 0 Å². The van der Waals surface area contributed by atoms with Gasteiger partial charge in [0.05, 0.1) is 112 Å². The summed E-state index contributed by atoms with van der Waals surface area (Å²) in [7, 11) is 1.63. The number of amides is 2. The lowest BCUT2D eigenvalue weighted by molar-refractivity contribution is -0.137. The molecule has 0 aromatic heterocycles. The highest BCUT2D eigenvalue weighted by Crippen LogP contribution is 2.07. The maximum absolute atomic E-state index is 12.0. The zero-order valence-electron chi connectivity index (χ0n) is 25.7. The van der Waals surface area contributed by atoms with Crippen LogP contribution >= 0.6 is 0 Å². The van der Waals surface area contributed by atoms with Gasteiger partial charge in [-0.1, -0.05) is 0 Å². The molecule has 3 N–H and O–H groups in total. The largest absolute Gasteiger partial charge is 0.481 e. The second-order valence-electron chi connectivity index (χ2n) is 9.77.